The van der Waals surface area contributed by atoms with Gasteiger partial charge in [-0.1, -0.05) is 0 Å². The molecule has 0 radical (unpaired) electrons. The fourth-order valence-electron chi connectivity index (χ4n) is 3.13. The molecule has 3 aromatic rings. The van der Waals surface area contributed by atoms with Crippen molar-refractivity contribution in [2.45, 2.75) is 35.2 Å². The van der Waals surface area contributed by atoms with Gasteiger partial charge in [0.15, 0.2) is 0 Å². The Bertz CT molecular complexity index is 1200. The number of thioether (sulfide) groups is 1. The molecule has 0 saturated carbocycles. The summed E-state index contributed by atoms with van der Waals surface area (Å²) in [6, 6.07) is 9.03. The summed E-state index contributed by atoms with van der Waals surface area (Å²) in [6.07, 6.45) is -4.53. The van der Waals surface area contributed by atoms with Gasteiger partial charge in [-0.2, -0.15) is 13.2 Å². The van der Waals surface area contributed by atoms with E-state index >= 15 is 0 Å². The summed E-state index contributed by atoms with van der Waals surface area (Å²) in [5.41, 5.74) is -0.253. The highest BCUT2D eigenvalue weighted by molar-refractivity contribution is 8.00. The molecule has 1 heterocycles. The summed E-state index contributed by atoms with van der Waals surface area (Å²) < 4.78 is 73.2. The predicted octanol–water partition coefficient (Wildman–Crippen LogP) is 5.21. The van der Waals surface area contributed by atoms with E-state index in [9.17, 15) is 21.6 Å². The molecular weight excluding hydrogens is 449 g/mol. The normalized spacial score (nSPS) is 13.7. The molecule has 3 rings (SSSR count). The van der Waals surface area contributed by atoms with E-state index in [0.29, 0.717) is 16.3 Å². The monoisotopic (exact) mass is 472 g/mol. The molecule has 31 heavy (non-hydrogen) atoms. The van der Waals surface area contributed by atoms with Crippen LogP contribution in [0.5, 0.6) is 5.75 Å². The van der Waals surface area contributed by atoms with Crippen molar-refractivity contribution in [1.82, 2.24) is 8.87 Å². The van der Waals surface area contributed by atoms with Gasteiger partial charge < -0.3 is 4.74 Å². The lowest BCUT2D eigenvalue weighted by Gasteiger charge is -2.19. The Kier molecular flexibility index (Phi) is 6.37. The molecule has 1 atom stereocenters. The molecule has 10 heteroatoms. The second kappa shape index (κ2) is 8.40. The topological polar surface area (TPSA) is 51.5 Å². The van der Waals surface area contributed by atoms with E-state index in [1.165, 1.54) is 49.2 Å². The largest absolute Gasteiger partial charge is 0.497 e. The van der Waals surface area contributed by atoms with Crippen LogP contribution in [0.1, 0.15) is 18.2 Å². The van der Waals surface area contributed by atoms with Crippen molar-refractivity contribution in [3.8, 4) is 5.75 Å². The van der Waals surface area contributed by atoms with E-state index in [1.807, 2.05) is 25.9 Å². The van der Waals surface area contributed by atoms with E-state index in [2.05, 4.69) is 0 Å². The van der Waals surface area contributed by atoms with Crippen molar-refractivity contribution in [1.29, 1.82) is 0 Å². The number of hydrogen-bond acceptors (Lipinski definition) is 5. The van der Waals surface area contributed by atoms with Gasteiger partial charge in [0.1, 0.15) is 5.75 Å². The number of methoxy groups -OCH3 is 1. The minimum atomic E-state index is -4.53. The highest BCUT2D eigenvalue weighted by Gasteiger charge is 2.33. The zero-order valence-corrected chi connectivity index (χ0v) is 19.3. The Morgan fingerprint density at radius 2 is 1.71 bits per heavy atom. The van der Waals surface area contributed by atoms with Gasteiger partial charge in [-0.15, -0.1) is 11.8 Å². The Balaban J connectivity index is 2.29. The Hall–Kier alpha value is -2.17. The Morgan fingerprint density at radius 1 is 1.10 bits per heavy atom. The van der Waals surface area contributed by atoms with Crippen LogP contribution in [0.3, 0.4) is 0 Å². The number of rotatable bonds is 6. The van der Waals surface area contributed by atoms with Gasteiger partial charge in [0.25, 0.3) is 10.0 Å². The molecular formula is C21H23F3N2O3S2. The molecule has 5 nitrogen and oxygen atoms in total. The molecule has 1 unspecified atom stereocenters. The molecule has 0 bridgehead atoms. The quantitative estimate of drug-likeness (QED) is 0.364. The molecule has 1 aromatic heterocycles. The van der Waals surface area contributed by atoms with Gasteiger partial charge in [-0.05, 0) is 70.4 Å². The first-order valence-electron chi connectivity index (χ1n) is 9.33. The lowest BCUT2D eigenvalue weighted by atomic mass is 10.1. The zero-order chi connectivity index (χ0) is 23.1. The highest BCUT2D eigenvalue weighted by Crippen LogP contribution is 2.41. The van der Waals surface area contributed by atoms with Crippen molar-refractivity contribution >= 4 is 32.7 Å². The second-order valence-electron chi connectivity index (χ2n) is 7.27. The summed E-state index contributed by atoms with van der Waals surface area (Å²) in [5.74, 6) is 0.499. The summed E-state index contributed by atoms with van der Waals surface area (Å²) in [4.78, 5) is 2.42. The first-order valence-corrected chi connectivity index (χ1v) is 11.6. The lowest BCUT2D eigenvalue weighted by Crippen LogP contribution is -2.21. The molecule has 0 aliphatic carbocycles. The van der Waals surface area contributed by atoms with Crippen molar-refractivity contribution in [2.75, 3.05) is 21.2 Å². The van der Waals surface area contributed by atoms with Crippen LogP contribution in [0.2, 0.25) is 0 Å². The van der Waals surface area contributed by atoms with Crippen molar-refractivity contribution in [2.24, 2.45) is 0 Å². The summed E-state index contributed by atoms with van der Waals surface area (Å²) >= 11 is 1.32. The lowest BCUT2D eigenvalue weighted by molar-refractivity contribution is -0.137. The molecule has 0 aliphatic heterocycles. The van der Waals surface area contributed by atoms with Crippen molar-refractivity contribution in [3.63, 3.8) is 0 Å². The number of fused-ring (bicyclic) bond motifs is 1. The fourth-order valence-corrected chi connectivity index (χ4v) is 5.85. The molecule has 2 aromatic carbocycles. The smallest absolute Gasteiger partial charge is 0.416 e. The highest BCUT2D eigenvalue weighted by atomic mass is 32.2. The van der Waals surface area contributed by atoms with Gasteiger partial charge >= 0.3 is 6.18 Å². The van der Waals surface area contributed by atoms with Crippen LogP contribution in [0.15, 0.2) is 52.3 Å². The minimum Gasteiger partial charge on any atom is -0.497 e. The number of nitrogens with zero attached hydrogens (tertiary/aromatic N) is 2. The van der Waals surface area contributed by atoms with Crippen LogP contribution >= 0.6 is 11.8 Å². The maximum Gasteiger partial charge on any atom is 0.416 e. The molecule has 0 fully saturated rings. The van der Waals surface area contributed by atoms with Crippen molar-refractivity contribution < 1.29 is 26.3 Å². The standard InChI is InChI=1S/C21H23F3N2O3S2/c1-13-20(30-14(2)25(3)4)18-12-15(21(22,23)24)6-11-19(18)26(13)31(27,28)17-9-7-16(29-5)8-10-17/h6-12,14H,1-5H3. The fraction of sp³-hybridized carbons (Fsp3) is 0.333. The maximum absolute atomic E-state index is 13.5. The molecule has 0 N–H and O–H groups in total. The van der Waals surface area contributed by atoms with Crippen LogP contribution in [0, 0.1) is 6.92 Å². The van der Waals surface area contributed by atoms with Gasteiger partial charge in [-0.25, -0.2) is 12.4 Å². The van der Waals surface area contributed by atoms with E-state index in [0.717, 1.165) is 16.1 Å². The van der Waals surface area contributed by atoms with Gasteiger partial charge in [-0.3, -0.25) is 4.90 Å². The molecule has 0 aliphatic rings. The summed E-state index contributed by atoms with van der Waals surface area (Å²) in [5, 5.41) is 0.166. The minimum absolute atomic E-state index is 0.0189. The van der Waals surface area contributed by atoms with Crippen LogP contribution < -0.4 is 4.74 Å². The van der Waals surface area contributed by atoms with Crippen LogP contribution in [0.4, 0.5) is 13.2 Å². The number of aromatic nitrogens is 1. The van der Waals surface area contributed by atoms with Crippen LogP contribution in [0.25, 0.3) is 10.9 Å². The first-order chi connectivity index (χ1) is 14.4. The number of hydrogen-bond donors (Lipinski definition) is 0. The first kappa shape index (κ1) is 23.5. The zero-order valence-electron chi connectivity index (χ0n) is 17.7. The maximum atomic E-state index is 13.5. The van der Waals surface area contributed by atoms with E-state index in [1.54, 1.807) is 6.92 Å². The average molecular weight is 473 g/mol. The van der Waals surface area contributed by atoms with E-state index < -0.39 is 21.8 Å². The van der Waals surface area contributed by atoms with Gasteiger partial charge in [0, 0.05) is 16.0 Å². The summed E-state index contributed by atoms with van der Waals surface area (Å²) in [6.45, 7) is 3.51. The average Bonchev–Trinajstić information content (AvgIpc) is 2.98. The number of halogens is 3. The predicted molar refractivity (Wildman–Crippen MR) is 116 cm³/mol. The SMILES string of the molecule is COc1ccc(S(=O)(=O)n2c(C)c(SC(C)N(C)C)c3cc(C(F)(F)F)ccc32)cc1. The molecule has 0 spiro atoms. The molecule has 0 amide bonds. The number of benzene rings is 2. The Labute approximate surface area is 183 Å². The molecule has 0 saturated heterocycles. The summed E-state index contributed by atoms with van der Waals surface area (Å²) in [7, 11) is 1.12. The third kappa shape index (κ3) is 4.42. The van der Waals surface area contributed by atoms with E-state index in [4.69, 9.17) is 4.74 Å². The van der Waals surface area contributed by atoms with Crippen molar-refractivity contribution in [3.05, 3.63) is 53.7 Å². The third-order valence-electron chi connectivity index (χ3n) is 5.03. The number of ether oxygens (including phenoxy) is 1. The van der Waals surface area contributed by atoms with E-state index in [-0.39, 0.29) is 21.2 Å². The van der Waals surface area contributed by atoms with Gasteiger partial charge in [0.05, 0.1) is 28.5 Å². The molecule has 168 valence electrons. The number of alkyl halides is 3. The van der Waals surface area contributed by atoms with Crippen LogP contribution in [-0.4, -0.2) is 43.9 Å². The van der Waals surface area contributed by atoms with Gasteiger partial charge in [0.2, 0.25) is 0 Å². The third-order valence-corrected chi connectivity index (χ3v) is 8.37. The second-order valence-corrected chi connectivity index (χ2v) is 10.4. The van der Waals surface area contributed by atoms with Crippen LogP contribution in [-0.2, 0) is 16.2 Å². The Morgan fingerprint density at radius 3 is 2.23 bits per heavy atom.